The maximum atomic E-state index is 11.8. The fourth-order valence-corrected chi connectivity index (χ4v) is 3.05. The summed E-state index contributed by atoms with van der Waals surface area (Å²) in [6.07, 6.45) is 17.6. The average molecular weight is 401 g/mol. The molecule has 0 aliphatic rings. The van der Waals surface area contributed by atoms with E-state index in [0.717, 1.165) is 38.9 Å². The van der Waals surface area contributed by atoms with E-state index in [9.17, 15) is 4.79 Å². The molecule has 0 spiro atoms. The topological polar surface area (TPSA) is 44.8 Å². The second-order valence-corrected chi connectivity index (χ2v) is 7.82. The number of unbranched alkanes of at least 4 members (excludes halogenated alkanes) is 11. The van der Waals surface area contributed by atoms with Gasteiger partial charge in [0.25, 0.3) is 0 Å². The summed E-state index contributed by atoms with van der Waals surface area (Å²) in [4.78, 5) is 11.8. The van der Waals surface area contributed by atoms with Crippen LogP contribution in [0.1, 0.15) is 124 Å². The van der Waals surface area contributed by atoms with Crippen LogP contribution in [0, 0.1) is 0 Å². The third-order valence-electron chi connectivity index (χ3n) is 4.95. The van der Waals surface area contributed by atoms with Crippen molar-refractivity contribution in [1.29, 1.82) is 0 Å². The molecule has 0 saturated carbocycles. The summed E-state index contributed by atoms with van der Waals surface area (Å²) in [5, 5.41) is 0. The molecule has 28 heavy (non-hydrogen) atoms. The molecule has 0 aromatic carbocycles. The fraction of sp³-hybridized carbons (Fsp3) is 0.958. The molecular weight excluding hydrogens is 352 g/mol. The van der Waals surface area contributed by atoms with E-state index < -0.39 is 0 Å². The number of rotatable bonds is 22. The van der Waals surface area contributed by atoms with Gasteiger partial charge in [-0.1, -0.05) is 91.4 Å². The average Bonchev–Trinajstić information content (AvgIpc) is 2.70. The molecule has 0 radical (unpaired) electrons. The summed E-state index contributed by atoms with van der Waals surface area (Å²) in [5.41, 5.74) is 0. The van der Waals surface area contributed by atoms with E-state index in [4.69, 9.17) is 14.2 Å². The highest BCUT2D eigenvalue weighted by Crippen LogP contribution is 2.11. The number of ether oxygens (including phenoxy) is 3. The first kappa shape index (κ1) is 27.4. The standard InChI is InChI=1S/C24H48O4/c1-4-7-10-12-14-16-21-27-24(19-18-23(25)26-20-9-6-3)28-22-17-15-13-11-8-5-2/h24H,4-22H2,1-3H3. The highest BCUT2D eigenvalue weighted by Gasteiger charge is 2.13. The lowest BCUT2D eigenvalue weighted by molar-refractivity contribution is -0.159. The number of carbonyl (C=O) groups is 1. The highest BCUT2D eigenvalue weighted by molar-refractivity contribution is 5.69. The molecule has 0 aromatic heterocycles. The predicted molar refractivity (Wildman–Crippen MR) is 118 cm³/mol. The van der Waals surface area contributed by atoms with Gasteiger partial charge >= 0.3 is 5.97 Å². The fourth-order valence-electron chi connectivity index (χ4n) is 3.05. The zero-order chi connectivity index (χ0) is 20.7. The molecule has 0 aliphatic carbocycles. The van der Waals surface area contributed by atoms with Gasteiger partial charge < -0.3 is 14.2 Å². The molecule has 4 heteroatoms. The molecule has 0 saturated heterocycles. The maximum Gasteiger partial charge on any atom is 0.305 e. The van der Waals surface area contributed by atoms with Gasteiger partial charge in [-0.2, -0.15) is 0 Å². The minimum atomic E-state index is -0.273. The molecule has 0 rings (SSSR count). The normalized spacial score (nSPS) is 11.3. The smallest absolute Gasteiger partial charge is 0.305 e. The molecule has 0 heterocycles. The van der Waals surface area contributed by atoms with Crippen molar-refractivity contribution in [3.63, 3.8) is 0 Å². The largest absolute Gasteiger partial charge is 0.466 e. The molecule has 0 unspecified atom stereocenters. The Kier molecular flexibility index (Phi) is 22.2. The van der Waals surface area contributed by atoms with Crippen molar-refractivity contribution in [2.45, 2.75) is 130 Å². The van der Waals surface area contributed by atoms with Crippen molar-refractivity contribution in [1.82, 2.24) is 0 Å². The summed E-state index contributed by atoms with van der Waals surface area (Å²) in [5.74, 6) is -0.134. The first-order valence-corrected chi connectivity index (χ1v) is 12.1. The van der Waals surface area contributed by atoms with Crippen LogP contribution in [0.25, 0.3) is 0 Å². The van der Waals surface area contributed by atoms with E-state index in [-0.39, 0.29) is 12.3 Å². The van der Waals surface area contributed by atoms with Gasteiger partial charge in [-0.25, -0.2) is 0 Å². The van der Waals surface area contributed by atoms with Gasteiger partial charge in [0.15, 0.2) is 6.29 Å². The van der Waals surface area contributed by atoms with Crippen LogP contribution in [0.2, 0.25) is 0 Å². The van der Waals surface area contributed by atoms with Gasteiger partial charge in [-0.3, -0.25) is 4.79 Å². The van der Waals surface area contributed by atoms with Crippen LogP contribution >= 0.6 is 0 Å². The lowest BCUT2D eigenvalue weighted by Crippen LogP contribution is -2.21. The van der Waals surface area contributed by atoms with E-state index >= 15 is 0 Å². The second-order valence-electron chi connectivity index (χ2n) is 7.82. The molecule has 0 amide bonds. The molecule has 168 valence electrons. The zero-order valence-electron chi connectivity index (χ0n) is 19.1. The van der Waals surface area contributed by atoms with Crippen LogP contribution in [-0.4, -0.2) is 32.1 Å². The van der Waals surface area contributed by atoms with Crippen LogP contribution < -0.4 is 0 Å². The Morgan fingerprint density at radius 3 is 1.57 bits per heavy atom. The number of hydrogen-bond acceptors (Lipinski definition) is 4. The monoisotopic (exact) mass is 400 g/mol. The Morgan fingerprint density at radius 2 is 1.07 bits per heavy atom. The van der Waals surface area contributed by atoms with Crippen molar-refractivity contribution in [2.24, 2.45) is 0 Å². The van der Waals surface area contributed by atoms with E-state index in [0.29, 0.717) is 19.4 Å². The van der Waals surface area contributed by atoms with Crippen LogP contribution in [0.3, 0.4) is 0 Å². The Morgan fingerprint density at radius 1 is 0.607 bits per heavy atom. The second kappa shape index (κ2) is 22.7. The summed E-state index contributed by atoms with van der Waals surface area (Å²) >= 11 is 0. The summed E-state index contributed by atoms with van der Waals surface area (Å²) in [7, 11) is 0. The third-order valence-corrected chi connectivity index (χ3v) is 4.95. The summed E-state index contributed by atoms with van der Waals surface area (Å²) in [6, 6.07) is 0. The number of hydrogen-bond donors (Lipinski definition) is 0. The van der Waals surface area contributed by atoms with Crippen molar-refractivity contribution >= 4 is 5.97 Å². The third kappa shape index (κ3) is 20.1. The Hall–Kier alpha value is -0.610. The van der Waals surface area contributed by atoms with Gasteiger partial charge in [0.1, 0.15) is 0 Å². The summed E-state index contributed by atoms with van der Waals surface area (Å²) in [6.45, 7) is 8.54. The van der Waals surface area contributed by atoms with Crippen molar-refractivity contribution < 1.29 is 19.0 Å². The van der Waals surface area contributed by atoms with E-state index in [1.165, 1.54) is 64.2 Å². The number of carbonyl (C=O) groups excluding carboxylic acids is 1. The molecule has 0 N–H and O–H groups in total. The predicted octanol–water partition coefficient (Wildman–Crippen LogP) is 7.19. The van der Waals surface area contributed by atoms with Crippen LogP contribution in [0.5, 0.6) is 0 Å². The molecular formula is C24H48O4. The Labute approximate surface area is 175 Å². The van der Waals surface area contributed by atoms with Gasteiger partial charge in [0, 0.05) is 19.6 Å². The van der Waals surface area contributed by atoms with E-state index in [1.54, 1.807) is 0 Å². The van der Waals surface area contributed by atoms with Gasteiger partial charge in [0.2, 0.25) is 0 Å². The lowest BCUT2D eigenvalue weighted by Gasteiger charge is -2.18. The minimum absolute atomic E-state index is 0.134. The minimum Gasteiger partial charge on any atom is -0.466 e. The van der Waals surface area contributed by atoms with E-state index in [1.807, 2.05) is 0 Å². The molecule has 0 fully saturated rings. The first-order valence-electron chi connectivity index (χ1n) is 12.1. The van der Waals surface area contributed by atoms with Crippen LogP contribution in [-0.2, 0) is 19.0 Å². The molecule has 0 aromatic rings. The van der Waals surface area contributed by atoms with Gasteiger partial charge in [-0.05, 0) is 19.3 Å². The van der Waals surface area contributed by atoms with Crippen molar-refractivity contribution in [2.75, 3.05) is 19.8 Å². The molecule has 0 atom stereocenters. The lowest BCUT2D eigenvalue weighted by atomic mass is 10.1. The Bertz CT molecular complexity index is 302. The van der Waals surface area contributed by atoms with Crippen LogP contribution in [0.15, 0.2) is 0 Å². The van der Waals surface area contributed by atoms with Gasteiger partial charge in [-0.15, -0.1) is 0 Å². The SMILES string of the molecule is CCCCCCCCOC(CCC(=O)OCCCC)OCCCCCCCC. The number of esters is 1. The van der Waals surface area contributed by atoms with Gasteiger partial charge in [0.05, 0.1) is 13.0 Å². The molecule has 0 bridgehead atoms. The quantitative estimate of drug-likeness (QED) is 0.110. The van der Waals surface area contributed by atoms with Crippen molar-refractivity contribution in [3.8, 4) is 0 Å². The van der Waals surface area contributed by atoms with E-state index in [2.05, 4.69) is 20.8 Å². The summed E-state index contributed by atoms with van der Waals surface area (Å²) < 4.78 is 17.1. The Balaban J connectivity index is 3.96. The van der Waals surface area contributed by atoms with Crippen molar-refractivity contribution in [3.05, 3.63) is 0 Å². The maximum absolute atomic E-state index is 11.8. The first-order chi connectivity index (χ1) is 13.7. The van der Waals surface area contributed by atoms with Crippen LogP contribution in [0.4, 0.5) is 0 Å². The molecule has 0 aliphatic heterocycles. The molecule has 4 nitrogen and oxygen atoms in total. The zero-order valence-corrected chi connectivity index (χ0v) is 19.1. The highest BCUT2D eigenvalue weighted by atomic mass is 16.7.